The first-order chi connectivity index (χ1) is 15.9. The van der Waals surface area contributed by atoms with Crippen LogP contribution in [0.1, 0.15) is 17.3 Å². The maximum Gasteiger partial charge on any atom is 0.245 e. The third-order valence-electron chi connectivity index (χ3n) is 5.05. The topological polar surface area (TPSA) is 133 Å². The molecule has 1 atom stereocenters. The monoisotopic (exact) mass is 462 g/mol. The molecule has 0 aliphatic carbocycles. The molecule has 3 N–H and O–H groups in total. The highest BCUT2D eigenvalue weighted by Gasteiger charge is 2.23. The van der Waals surface area contributed by atoms with Crippen LogP contribution in [0.25, 0.3) is 11.3 Å². The van der Waals surface area contributed by atoms with Crippen molar-refractivity contribution >= 4 is 15.9 Å². The maximum atomic E-state index is 13.1. The average Bonchev–Trinajstić information content (AvgIpc) is 3.32. The predicted octanol–water partition coefficient (Wildman–Crippen LogP) is 2.09. The molecule has 2 heterocycles. The molecule has 4 aromatic rings. The molecule has 9 nitrogen and oxygen atoms in total. The lowest BCUT2D eigenvalue weighted by molar-refractivity contribution is -0.124. The van der Waals surface area contributed by atoms with Gasteiger partial charge in [0.2, 0.25) is 15.9 Å². The van der Waals surface area contributed by atoms with E-state index in [2.05, 4.69) is 20.6 Å². The van der Waals surface area contributed by atoms with Crippen molar-refractivity contribution in [3.8, 4) is 11.3 Å². The summed E-state index contributed by atoms with van der Waals surface area (Å²) >= 11 is 0. The van der Waals surface area contributed by atoms with E-state index in [9.17, 15) is 13.2 Å². The van der Waals surface area contributed by atoms with Crippen molar-refractivity contribution in [2.75, 3.05) is 0 Å². The van der Waals surface area contributed by atoms with Gasteiger partial charge in [-0.1, -0.05) is 53.7 Å². The fourth-order valence-electron chi connectivity index (χ4n) is 3.32. The van der Waals surface area contributed by atoms with Crippen LogP contribution in [0, 0.1) is 0 Å². The lowest BCUT2D eigenvalue weighted by Gasteiger charge is -2.17. The van der Waals surface area contributed by atoms with Crippen LogP contribution >= 0.6 is 0 Å². The number of nitrogens with zero attached hydrogens (tertiary/aromatic N) is 4. The summed E-state index contributed by atoms with van der Waals surface area (Å²) < 4.78 is 24.5. The third kappa shape index (κ3) is 5.68. The van der Waals surface area contributed by atoms with Crippen LogP contribution in [0.4, 0.5) is 0 Å². The lowest BCUT2D eigenvalue weighted by atomic mass is 10.1. The highest BCUT2D eigenvalue weighted by atomic mass is 32.2. The van der Waals surface area contributed by atoms with Crippen LogP contribution in [0.15, 0.2) is 90.1 Å². The molecule has 0 aliphatic heterocycles. The summed E-state index contributed by atoms with van der Waals surface area (Å²) in [6.45, 7) is 0.293. The highest BCUT2D eigenvalue weighted by molar-refractivity contribution is 7.89. The van der Waals surface area contributed by atoms with Gasteiger partial charge < -0.3 is 5.32 Å². The zero-order valence-corrected chi connectivity index (χ0v) is 18.4. The van der Waals surface area contributed by atoms with Gasteiger partial charge in [-0.3, -0.25) is 9.78 Å². The summed E-state index contributed by atoms with van der Waals surface area (Å²) in [5, 5.41) is 16.4. The lowest BCUT2D eigenvalue weighted by Crippen LogP contribution is -2.34. The standard InChI is InChI=1S/C23H22N6O3S/c24-33(31,32)20-11-9-18(10-12-20)21-16-29(28-27-21)22(14-17-6-2-1-3-7-17)23(30)26-15-19-8-4-5-13-25-19/h1-13,16,22H,14-15H2,(H,26,30)(H2,24,31,32). The number of nitrogens with one attached hydrogen (secondary N) is 1. The average molecular weight is 463 g/mol. The number of carbonyl (C=O) groups is 1. The second kappa shape index (κ2) is 9.72. The molecule has 1 unspecified atom stereocenters. The van der Waals surface area contributed by atoms with Crippen molar-refractivity contribution in [2.24, 2.45) is 5.14 Å². The van der Waals surface area contributed by atoms with E-state index >= 15 is 0 Å². The minimum absolute atomic E-state index is 0.00879. The van der Waals surface area contributed by atoms with E-state index in [4.69, 9.17) is 5.14 Å². The summed E-state index contributed by atoms with van der Waals surface area (Å²) in [5.74, 6) is -0.217. The Kier molecular flexibility index (Phi) is 6.57. The van der Waals surface area contributed by atoms with Gasteiger partial charge in [0.1, 0.15) is 11.7 Å². The Labute approximate surface area is 191 Å². The number of benzene rings is 2. The van der Waals surface area contributed by atoms with E-state index in [1.54, 1.807) is 24.5 Å². The van der Waals surface area contributed by atoms with Crippen molar-refractivity contribution in [1.82, 2.24) is 25.3 Å². The van der Waals surface area contributed by atoms with E-state index in [-0.39, 0.29) is 10.8 Å². The first-order valence-electron chi connectivity index (χ1n) is 10.2. The number of pyridine rings is 1. The number of carbonyl (C=O) groups excluding carboxylic acids is 1. The smallest absolute Gasteiger partial charge is 0.245 e. The fraction of sp³-hybridized carbons (Fsp3) is 0.130. The summed E-state index contributed by atoms with van der Waals surface area (Å²) in [6.07, 6.45) is 3.76. The number of primary sulfonamides is 1. The summed E-state index contributed by atoms with van der Waals surface area (Å²) in [5.41, 5.74) is 2.89. The predicted molar refractivity (Wildman–Crippen MR) is 122 cm³/mol. The van der Waals surface area contributed by atoms with E-state index in [0.29, 0.717) is 24.2 Å². The van der Waals surface area contributed by atoms with E-state index < -0.39 is 16.1 Å². The zero-order valence-electron chi connectivity index (χ0n) is 17.6. The Balaban J connectivity index is 1.57. The fourth-order valence-corrected chi connectivity index (χ4v) is 3.83. The molecule has 1 amide bonds. The first-order valence-corrected chi connectivity index (χ1v) is 11.7. The Morgan fingerprint density at radius 3 is 2.39 bits per heavy atom. The second-order valence-corrected chi connectivity index (χ2v) is 8.96. The molecule has 2 aromatic heterocycles. The highest BCUT2D eigenvalue weighted by Crippen LogP contribution is 2.21. The molecule has 4 rings (SSSR count). The van der Waals surface area contributed by atoms with Crippen molar-refractivity contribution in [3.05, 3.63) is 96.4 Å². The molecule has 0 radical (unpaired) electrons. The van der Waals surface area contributed by atoms with E-state index in [1.807, 2.05) is 48.5 Å². The normalized spacial score (nSPS) is 12.3. The van der Waals surface area contributed by atoms with Gasteiger partial charge in [-0.15, -0.1) is 5.10 Å². The van der Waals surface area contributed by atoms with Crippen molar-refractivity contribution in [3.63, 3.8) is 0 Å². The molecule has 0 aliphatic rings. The van der Waals surface area contributed by atoms with Crippen LogP contribution in [-0.4, -0.2) is 34.3 Å². The van der Waals surface area contributed by atoms with Crippen molar-refractivity contribution < 1.29 is 13.2 Å². The number of rotatable bonds is 8. The number of hydrogen-bond acceptors (Lipinski definition) is 6. The third-order valence-corrected chi connectivity index (χ3v) is 5.98. The van der Waals surface area contributed by atoms with Gasteiger partial charge in [0.05, 0.1) is 23.3 Å². The summed E-state index contributed by atoms with van der Waals surface area (Å²) in [6, 6.07) is 20.5. The molecule has 0 saturated heterocycles. The van der Waals surface area contributed by atoms with Crippen molar-refractivity contribution in [2.45, 2.75) is 23.9 Å². The first kappa shape index (κ1) is 22.3. The molecular formula is C23H22N6O3S. The van der Waals surface area contributed by atoms with Crippen LogP contribution in [0.5, 0.6) is 0 Å². The molecule has 33 heavy (non-hydrogen) atoms. The minimum atomic E-state index is -3.78. The number of aromatic nitrogens is 4. The largest absolute Gasteiger partial charge is 0.349 e. The molecule has 0 saturated carbocycles. The summed E-state index contributed by atoms with van der Waals surface area (Å²) in [4.78, 5) is 17.4. The molecule has 2 aromatic carbocycles. The molecular weight excluding hydrogens is 440 g/mol. The SMILES string of the molecule is NS(=O)(=O)c1ccc(-c2cn(C(Cc3ccccc3)C(=O)NCc3ccccn3)nn2)cc1. The Morgan fingerprint density at radius 2 is 1.73 bits per heavy atom. The minimum Gasteiger partial charge on any atom is -0.349 e. The molecule has 10 heteroatoms. The Morgan fingerprint density at radius 1 is 1.00 bits per heavy atom. The zero-order chi connectivity index (χ0) is 23.3. The molecule has 0 spiro atoms. The number of nitrogens with two attached hydrogens (primary N) is 1. The molecule has 0 bridgehead atoms. The van der Waals surface area contributed by atoms with E-state index in [1.165, 1.54) is 16.8 Å². The maximum absolute atomic E-state index is 13.1. The van der Waals surface area contributed by atoms with Crippen LogP contribution < -0.4 is 10.5 Å². The summed E-state index contributed by atoms with van der Waals surface area (Å²) in [7, 11) is -3.78. The van der Waals surface area contributed by atoms with Gasteiger partial charge in [0.15, 0.2) is 0 Å². The van der Waals surface area contributed by atoms with Crippen molar-refractivity contribution in [1.29, 1.82) is 0 Å². The number of sulfonamides is 1. The molecule has 0 fully saturated rings. The van der Waals surface area contributed by atoms with Gasteiger partial charge in [-0.2, -0.15) is 0 Å². The van der Waals surface area contributed by atoms with Gasteiger partial charge in [-0.05, 0) is 29.8 Å². The quantitative estimate of drug-likeness (QED) is 0.412. The number of hydrogen-bond donors (Lipinski definition) is 2. The second-order valence-electron chi connectivity index (χ2n) is 7.40. The Bertz CT molecular complexity index is 1320. The Hall–Kier alpha value is -3.89. The van der Waals surface area contributed by atoms with E-state index in [0.717, 1.165) is 11.3 Å². The van der Waals surface area contributed by atoms with Gasteiger partial charge in [-0.25, -0.2) is 18.2 Å². The molecule has 168 valence electrons. The van der Waals surface area contributed by atoms with Gasteiger partial charge in [0.25, 0.3) is 0 Å². The van der Waals surface area contributed by atoms with Gasteiger partial charge >= 0.3 is 0 Å². The van der Waals surface area contributed by atoms with Gasteiger partial charge in [0, 0.05) is 18.2 Å². The van der Waals surface area contributed by atoms with Crippen LogP contribution in [-0.2, 0) is 27.8 Å². The number of amides is 1. The van der Waals surface area contributed by atoms with Crippen LogP contribution in [0.2, 0.25) is 0 Å². The van der Waals surface area contributed by atoms with Crippen LogP contribution in [0.3, 0.4) is 0 Å².